The minimum atomic E-state index is -0.814. The first kappa shape index (κ1) is 20.9. The molecule has 12 heteroatoms. The van der Waals surface area contributed by atoms with Crippen molar-refractivity contribution < 1.29 is 9.72 Å². The third-order valence-electron chi connectivity index (χ3n) is 4.51. The molecule has 0 aliphatic rings. The minimum absolute atomic E-state index is 0.120. The predicted octanol–water partition coefficient (Wildman–Crippen LogP) is 2.94. The molecule has 0 saturated carbocycles. The lowest BCUT2D eigenvalue weighted by Crippen LogP contribution is -2.27. The number of halogens is 1. The van der Waals surface area contributed by atoms with Crippen molar-refractivity contribution in [1.82, 2.24) is 24.5 Å². The second kappa shape index (κ2) is 8.40. The van der Waals surface area contributed by atoms with Crippen LogP contribution in [0.3, 0.4) is 0 Å². The van der Waals surface area contributed by atoms with Crippen molar-refractivity contribution in [2.24, 2.45) is 0 Å². The maximum Gasteiger partial charge on any atom is 0.294 e. The summed E-state index contributed by atoms with van der Waals surface area (Å²) in [7, 11) is 0. The van der Waals surface area contributed by atoms with Gasteiger partial charge < -0.3 is 5.32 Å². The standard InChI is InChI=1S/C20H14ClN7O4/c1-12-9-17(29)18(25-27(12)15-7-2-3-8-16(15)28(31)32)20(30)24-14-6-4-5-13(21)19(14)26-11-22-10-23-26/h2-11H,1H3,(H,24,30). The first-order valence-corrected chi connectivity index (χ1v) is 9.54. The molecule has 160 valence electrons. The number of nitro groups is 1. The summed E-state index contributed by atoms with van der Waals surface area (Å²) in [6.07, 6.45) is 2.71. The number of hydrogen-bond acceptors (Lipinski definition) is 7. The Balaban J connectivity index is 1.78. The molecule has 0 aliphatic heterocycles. The monoisotopic (exact) mass is 451 g/mol. The molecule has 0 bridgehead atoms. The second-order valence-corrected chi connectivity index (χ2v) is 6.99. The van der Waals surface area contributed by atoms with E-state index in [1.165, 1.54) is 46.3 Å². The van der Waals surface area contributed by atoms with Crippen LogP contribution in [0.4, 0.5) is 11.4 Å². The Bertz CT molecular complexity index is 1400. The van der Waals surface area contributed by atoms with Crippen molar-refractivity contribution in [2.45, 2.75) is 6.92 Å². The Morgan fingerprint density at radius 1 is 1.19 bits per heavy atom. The van der Waals surface area contributed by atoms with Crippen LogP contribution in [0.5, 0.6) is 0 Å². The highest BCUT2D eigenvalue weighted by molar-refractivity contribution is 6.33. The van der Waals surface area contributed by atoms with Gasteiger partial charge in [0, 0.05) is 17.8 Å². The van der Waals surface area contributed by atoms with Gasteiger partial charge in [0.25, 0.3) is 11.6 Å². The van der Waals surface area contributed by atoms with Crippen LogP contribution in [-0.4, -0.2) is 35.4 Å². The van der Waals surface area contributed by atoms with Gasteiger partial charge in [-0.05, 0) is 25.1 Å². The van der Waals surface area contributed by atoms with Crippen molar-refractivity contribution in [3.8, 4) is 11.4 Å². The zero-order valence-electron chi connectivity index (χ0n) is 16.5. The molecule has 0 spiro atoms. The molecule has 4 rings (SSSR count). The van der Waals surface area contributed by atoms with Gasteiger partial charge in [0.15, 0.2) is 5.69 Å². The van der Waals surface area contributed by atoms with Crippen molar-refractivity contribution in [3.05, 3.63) is 97.9 Å². The van der Waals surface area contributed by atoms with Crippen LogP contribution in [0.15, 0.2) is 66.0 Å². The van der Waals surface area contributed by atoms with E-state index in [0.717, 1.165) is 0 Å². The van der Waals surface area contributed by atoms with Gasteiger partial charge in [0.1, 0.15) is 24.0 Å². The molecule has 0 atom stereocenters. The third-order valence-corrected chi connectivity index (χ3v) is 4.82. The van der Waals surface area contributed by atoms with Gasteiger partial charge >= 0.3 is 0 Å². The third kappa shape index (κ3) is 3.84. The van der Waals surface area contributed by atoms with Crippen LogP contribution in [0.1, 0.15) is 16.2 Å². The second-order valence-electron chi connectivity index (χ2n) is 6.59. The quantitative estimate of drug-likeness (QED) is 0.363. The van der Waals surface area contributed by atoms with Gasteiger partial charge in [-0.1, -0.05) is 29.8 Å². The van der Waals surface area contributed by atoms with E-state index >= 15 is 0 Å². The summed E-state index contributed by atoms with van der Waals surface area (Å²) in [6, 6.07) is 11.9. The Labute approximate surface area is 185 Å². The van der Waals surface area contributed by atoms with Crippen LogP contribution >= 0.6 is 11.6 Å². The molecule has 1 amide bonds. The van der Waals surface area contributed by atoms with Crippen molar-refractivity contribution in [2.75, 3.05) is 5.32 Å². The van der Waals surface area contributed by atoms with E-state index in [1.54, 1.807) is 31.2 Å². The topological polar surface area (TPSA) is 138 Å². The van der Waals surface area contributed by atoms with Crippen LogP contribution in [0.2, 0.25) is 5.02 Å². The SMILES string of the molecule is Cc1cc(=O)c(C(=O)Nc2cccc(Cl)c2-n2cncn2)nn1-c1ccccc1[N+](=O)[O-]. The van der Waals surface area contributed by atoms with Gasteiger partial charge in [-0.15, -0.1) is 0 Å². The zero-order valence-corrected chi connectivity index (χ0v) is 17.2. The lowest BCUT2D eigenvalue weighted by atomic mass is 10.2. The van der Waals surface area contributed by atoms with E-state index in [-0.39, 0.29) is 17.1 Å². The van der Waals surface area contributed by atoms with Gasteiger partial charge in [-0.3, -0.25) is 19.7 Å². The van der Waals surface area contributed by atoms with Crippen LogP contribution in [0.25, 0.3) is 11.4 Å². The van der Waals surface area contributed by atoms with Crippen LogP contribution < -0.4 is 10.7 Å². The van der Waals surface area contributed by atoms with E-state index < -0.39 is 22.0 Å². The number of nitro benzene ring substituents is 1. The number of aromatic nitrogens is 5. The van der Waals surface area contributed by atoms with Crippen molar-refractivity contribution in [3.63, 3.8) is 0 Å². The fourth-order valence-electron chi connectivity index (χ4n) is 3.10. The van der Waals surface area contributed by atoms with Gasteiger partial charge in [0.05, 0.1) is 15.6 Å². The number of para-hydroxylation sites is 3. The van der Waals surface area contributed by atoms with E-state index in [9.17, 15) is 19.7 Å². The molecule has 11 nitrogen and oxygen atoms in total. The van der Waals surface area contributed by atoms with Gasteiger partial charge in [-0.2, -0.15) is 10.2 Å². The molecular weight excluding hydrogens is 438 g/mol. The number of nitrogens with one attached hydrogen (secondary N) is 1. The Hall–Kier alpha value is -4.38. The fourth-order valence-corrected chi connectivity index (χ4v) is 3.36. The van der Waals surface area contributed by atoms with Crippen LogP contribution in [0, 0.1) is 17.0 Å². The van der Waals surface area contributed by atoms with Crippen molar-refractivity contribution >= 4 is 28.9 Å². The molecule has 0 unspecified atom stereocenters. The Morgan fingerprint density at radius 2 is 1.97 bits per heavy atom. The smallest absolute Gasteiger partial charge is 0.294 e. The first-order valence-electron chi connectivity index (χ1n) is 9.16. The van der Waals surface area contributed by atoms with E-state index in [1.807, 2.05) is 0 Å². The zero-order chi connectivity index (χ0) is 22.8. The van der Waals surface area contributed by atoms with E-state index in [4.69, 9.17) is 11.6 Å². The Morgan fingerprint density at radius 3 is 2.69 bits per heavy atom. The average Bonchev–Trinajstić information content (AvgIpc) is 3.28. The summed E-state index contributed by atoms with van der Waals surface area (Å²) in [6.45, 7) is 1.56. The summed E-state index contributed by atoms with van der Waals surface area (Å²) >= 11 is 6.27. The number of benzene rings is 2. The number of anilines is 1. The lowest BCUT2D eigenvalue weighted by Gasteiger charge is -2.14. The highest BCUT2D eigenvalue weighted by Crippen LogP contribution is 2.28. The minimum Gasteiger partial charge on any atom is -0.318 e. The molecule has 0 fully saturated rings. The average molecular weight is 452 g/mol. The lowest BCUT2D eigenvalue weighted by molar-refractivity contribution is -0.384. The molecule has 0 radical (unpaired) electrons. The number of amides is 1. The largest absolute Gasteiger partial charge is 0.318 e. The number of nitrogens with zero attached hydrogens (tertiary/aromatic N) is 6. The van der Waals surface area contributed by atoms with Gasteiger partial charge in [0.2, 0.25) is 5.43 Å². The molecule has 2 aromatic heterocycles. The molecule has 2 aromatic carbocycles. The van der Waals surface area contributed by atoms with E-state index in [2.05, 4.69) is 20.5 Å². The molecular formula is C20H14ClN7O4. The summed E-state index contributed by atoms with van der Waals surface area (Å²) in [5, 5.41) is 22.5. The number of rotatable bonds is 5. The summed E-state index contributed by atoms with van der Waals surface area (Å²) in [5.41, 5.74) is -0.237. The molecule has 4 aromatic rings. The highest BCUT2D eigenvalue weighted by Gasteiger charge is 2.21. The molecule has 1 N–H and O–H groups in total. The normalized spacial score (nSPS) is 10.7. The van der Waals surface area contributed by atoms with Crippen LogP contribution in [-0.2, 0) is 0 Å². The maximum absolute atomic E-state index is 13.0. The molecule has 0 aliphatic carbocycles. The number of aryl methyl sites for hydroxylation is 1. The van der Waals surface area contributed by atoms with Gasteiger partial charge in [-0.25, -0.2) is 14.3 Å². The van der Waals surface area contributed by atoms with E-state index in [0.29, 0.717) is 16.4 Å². The number of carbonyl (C=O) groups excluding carboxylic acids is 1. The molecule has 0 saturated heterocycles. The predicted molar refractivity (Wildman–Crippen MR) is 116 cm³/mol. The summed E-state index contributed by atoms with van der Waals surface area (Å²) in [5.74, 6) is -0.814. The summed E-state index contributed by atoms with van der Waals surface area (Å²) < 4.78 is 2.55. The first-order chi connectivity index (χ1) is 15.4. The number of hydrogen-bond donors (Lipinski definition) is 1. The highest BCUT2D eigenvalue weighted by atomic mass is 35.5. The molecule has 32 heavy (non-hydrogen) atoms. The Kier molecular flexibility index (Phi) is 5.48. The maximum atomic E-state index is 13.0. The summed E-state index contributed by atoms with van der Waals surface area (Å²) in [4.78, 5) is 40.2. The van der Waals surface area contributed by atoms with Crippen molar-refractivity contribution in [1.29, 1.82) is 0 Å². The number of carbonyl (C=O) groups is 1. The molecule has 2 heterocycles. The fraction of sp³-hybridized carbons (Fsp3) is 0.0500.